The Morgan fingerprint density at radius 3 is 2.70 bits per heavy atom. The van der Waals surface area contributed by atoms with Crippen LogP contribution in [0.3, 0.4) is 0 Å². The molecule has 0 saturated heterocycles. The number of halogens is 4. The van der Waals surface area contributed by atoms with Gasteiger partial charge < -0.3 is 4.74 Å². The Morgan fingerprint density at radius 1 is 1.30 bits per heavy atom. The molecule has 0 radical (unpaired) electrons. The van der Waals surface area contributed by atoms with Crippen molar-refractivity contribution < 1.29 is 9.13 Å². The highest BCUT2D eigenvalue weighted by atomic mass is 79.9. The number of benzene rings is 2. The van der Waals surface area contributed by atoms with E-state index >= 15 is 0 Å². The Kier molecular flexibility index (Phi) is 5.30. The van der Waals surface area contributed by atoms with Crippen molar-refractivity contribution in [3.63, 3.8) is 0 Å². The van der Waals surface area contributed by atoms with E-state index in [9.17, 15) is 4.39 Å². The molecule has 2 aromatic carbocycles. The highest BCUT2D eigenvalue weighted by Crippen LogP contribution is 2.35. The first-order valence-corrected chi connectivity index (χ1v) is 7.54. The summed E-state index contributed by atoms with van der Waals surface area (Å²) in [6.45, 7) is 0. The van der Waals surface area contributed by atoms with Gasteiger partial charge in [-0.25, -0.2) is 4.39 Å². The maximum atomic E-state index is 13.8. The second-order valence-corrected chi connectivity index (χ2v) is 6.05. The Morgan fingerprint density at radius 2 is 2.05 bits per heavy atom. The minimum absolute atomic E-state index is 0.304. The van der Waals surface area contributed by atoms with Gasteiger partial charge in [-0.2, -0.15) is 0 Å². The molecule has 5 heteroatoms. The van der Waals surface area contributed by atoms with Crippen LogP contribution in [0.2, 0.25) is 5.02 Å². The zero-order chi connectivity index (χ0) is 14.7. The molecule has 1 atom stereocenters. The van der Waals surface area contributed by atoms with Gasteiger partial charge in [-0.3, -0.25) is 0 Å². The molecule has 0 bridgehead atoms. The smallest absolute Gasteiger partial charge is 0.127 e. The molecule has 2 aromatic rings. The van der Waals surface area contributed by atoms with Crippen LogP contribution in [-0.4, -0.2) is 7.11 Å². The van der Waals surface area contributed by atoms with Gasteiger partial charge in [0.05, 0.1) is 12.5 Å². The van der Waals surface area contributed by atoms with Gasteiger partial charge in [0.2, 0.25) is 0 Å². The predicted octanol–water partition coefficient (Wildman–Crippen LogP) is 5.77. The van der Waals surface area contributed by atoms with Gasteiger partial charge in [0, 0.05) is 15.1 Å². The third kappa shape index (κ3) is 3.46. The lowest BCUT2D eigenvalue weighted by molar-refractivity contribution is 0.414. The van der Waals surface area contributed by atoms with Crippen LogP contribution in [0.15, 0.2) is 40.9 Å². The van der Waals surface area contributed by atoms with Crippen LogP contribution in [0.1, 0.15) is 16.5 Å². The molecule has 0 amide bonds. The summed E-state index contributed by atoms with van der Waals surface area (Å²) < 4.78 is 19.8. The topological polar surface area (TPSA) is 9.23 Å². The van der Waals surface area contributed by atoms with Crippen molar-refractivity contribution in [2.24, 2.45) is 0 Å². The number of ether oxygens (including phenoxy) is 1. The standard InChI is InChI=1S/C15H12BrCl2FO/c1-20-9-5-6-12(16)10(7-9)14(18)8-11-13(17)3-2-4-15(11)19/h2-7,14H,8H2,1H3. The van der Waals surface area contributed by atoms with Gasteiger partial charge in [-0.15, -0.1) is 11.6 Å². The molecule has 20 heavy (non-hydrogen) atoms. The van der Waals surface area contributed by atoms with Gasteiger partial charge in [0.15, 0.2) is 0 Å². The van der Waals surface area contributed by atoms with Crippen molar-refractivity contribution in [2.75, 3.05) is 7.11 Å². The first-order chi connectivity index (χ1) is 9.52. The van der Waals surface area contributed by atoms with E-state index in [2.05, 4.69) is 15.9 Å². The van der Waals surface area contributed by atoms with Gasteiger partial charge in [0.25, 0.3) is 0 Å². The molecule has 0 spiro atoms. The number of methoxy groups -OCH3 is 1. The lowest BCUT2D eigenvalue weighted by Gasteiger charge is -2.14. The molecule has 0 fully saturated rings. The largest absolute Gasteiger partial charge is 0.497 e. The quantitative estimate of drug-likeness (QED) is 0.614. The SMILES string of the molecule is COc1ccc(Br)c(C(Cl)Cc2c(F)cccc2Cl)c1. The molecule has 1 unspecified atom stereocenters. The number of hydrogen-bond acceptors (Lipinski definition) is 1. The van der Waals surface area contributed by atoms with E-state index in [0.717, 1.165) is 10.0 Å². The number of alkyl halides is 1. The monoisotopic (exact) mass is 376 g/mol. The van der Waals surface area contributed by atoms with Crippen molar-refractivity contribution in [1.82, 2.24) is 0 Å². The predicted molar refractivity (Wildman–Crippen MR) is 84.4 cm³/mol. The molecule has 0 N–H and O–H groups in total. The van der Waals surface area contributed by atoms with Crippen LogP contribution in [-0.2, 0) is 6.42 Å². The Hall–Kier alpha value is -0.770. The molecule has 0 aliphatic heterocycles. The zero-order valence-electron chi connectivity index (χ0n) is 10.7. The summed E-state index contributed by atoms with van der Waals surface area (Å²) in [6.07, 6.45) is 0.304. The molecule has 0 heterocycles. The zero-order valence-corrected chi connectivity index (χ0v) is 13.8. The fraction of sp³-hybridized carbons (Fsp3) is 0.200. The Balaban J connectivity index is 2.30. The first kappa shape index (κ1) is 15.6. The average Bonchev–Trinajstić information content (AvgIpc) is 2.43. The van der Waals surface area contributed by atoms with E-state index in [0.29, 0.717) is 22.8 Å². The molecular formula is C15H12BrCl2FO. The molecule has 0 aromatic heterocycles. The van der Waals surface area contributed by atoms with Gasteiger partial charge in [-0.05, 0) is 42.3 Å². The number of hydrogen-bond donors (Lipinski definition) is 0. The van der Waals surface area contributed by atoms with E-state index in [-0.39, 0.29) is 5.82 Å². The number of rotatable bonds is 4. The Labute approximate surface area is 135 Å². The third-order valence-electron chi connectivity index (χ3n) is 2.99. The second-order valence-electron chi connectivity index (χ2n) is 4.26. The molecule has 106 valence electrons. The molecule has 0 aliphatic carbocycles. The first-order valence-electron chi connectivity index (χ1n) is 5.93. The van der Waals surface area contributed by atoms with Crippen LogP contribution >= 0.6 is 39.1 Å². The third-order valence-corrected chi connectivity index (χ3v) is 4.45. The normalized spacial score (nSPS) is 12.2. The molecule has 2 rings (SSSR count). The van der Waals surface area contributed by atoms with Crippen molar-refractivity contribution in [3.8, 4) is 5.75 Å². The van der Waals surface area contributed by atoms with Crippen molar-refractivity contribution in [1.29, 1.82) is 0 Å². The van der Waals surface area contributed by atoms with Crippen molar-refractivity contribution in [3.05, 3.63) is 62.8 Å². The van der Waals surface area contributed by atoms with Crippen LogP contribution in [0, 0.1) is 5.82 Å². The van der Waals surface area contributed by atoms with E-state index in [1.807, 2.05) is 18.2 Å². The fourth-order valence-corrected chi connectivity index (χ4v) is 3.14. The fourth-order valence-electron chi connectivity index (χ4n) is 1.91. The summed E-state index contributed by atoms with van der Waals surface area (Å²) in [4.78, 5) is 0. The Bertz CT molecular complexity index is 599. The summed E-state index contributed by atoms with van der Waals surface area (Å²) in [5.41, 5.74) is 1.26. The van der Waals surface area contributed by atoms with E-state index < -0.39 is 5.38 Å². The molecule has 1 nitrogen and oxygen atoms in total. The van der Waals surface area contributed by atoms with E-state index in [4.69, 9.17) is 27.9 Å². The van der Waals surface area contributed by atoms with Gasteiger partial charge >= 0.3 is 0 Å². The molecular weight excluding hydrogens is 366 g/mol. The lowest BCUT2D eigenvalue weighted by atomic mass is 10.0. The van der Waals surface area contributed by atoms with Crippen LogP contribution in [0.25, 0.3) is 0 Å². The molecule has 0 saturated carbocycles. The van der Waals surface area contributed by atoms with Crippen LogP contribution in [0.5, 0.6) is 5.75 Å². The highest BCUT2D eigenvalue weighted by molar-refractivity contribution is 9.10. The summed E-state index contributed by atoms with van der Waals surface area (Å²) in [5, 5.41) is -0.0245. The summed E-state index contributed by atoms with van der Waals surface area (Å²) in [5.74, 6) is 0.357. The van der Waals surface area contributed by atoms with E-state index in [1.165, 1.54) is 6.07 Å². The minimum Gasteiger partial charge on any atom is -0.497 e. The minimum atomic E-state index is -0.408. The lowest BCUT2D eigenvalue weighted by Crippen LogP contribution is -2.01. The van der Waals surface area contributed by atoms with Gasteiger partial charge in [0.1, 0.15) is 11.6 Å². The summed E-state index contributed by atoms with van der Waals surface area (Å²) in [7, 11) is 1.59. The summed E-state index contributed by atoms with van der Waals surface area (Å²) >= 11 is 15.9. The van der Waals surface area contributed by atoms with Crippen LogP contribution in [0.4, 0.5) is 4.39 Å². The second kappa shape index (κ2) is 6.79. The van der Waals surface area contributed by atoms with Crippen LogP contribution < -0.4 is 4.74 Å². The summed E-state index contributed by atoms with van der Waals surface area (Å²) in [6, 6.07) is 10.1. The van der Waals surface area contributed by atoms with Crippen molar-refractivity contribution in [2.45, 2.75) is 11.8 Å². The average molecular weight is 378 g/mol. The highest BCUT2D eigenvalue weighted by Gasteiger charge is 2.17. The maximum absolute atomic E-state index is 13.8. The van der Waals surface area contributed by atoms with Crippen molar-refractivity contribution >= 4 is 39.1 Å². The maximum Gasteiger partial charge on any atom is 0.127 e. The van der Waals surface area contributed by atoms with E-state index in [1.54, 1.807) is 19.2 Å². The molecule has 0 aliphatic rings. The van der Waals surface area contributed by atoms with Gasteiger partial charge in [-0.1, -0.05) is 33.6 Å².